The summed E-state index contributed by atoms with van der Waals surface area (Å²) in [7, 11) is 0. The number of nitrogens with one attached hydrogen (secondary N) is 1. The third-order valence-corrected chi connectivity index (χ3v) is 5.16. The van der Waals surface area contributed by atoms with Crippen LogP contribution in [0.5, 0.6) is 5.75 Å². The Kier molecular flexibility index (Phi) is 5.74. The molecule has 1 aromatic heterocycles. The van der Waals surface area contributed by atoms with E-state index < -0.39 is 12.2 Å². The van der Waals surface area contributed by atoms with E-state index in [-0.39, 0.29) is 12.5 Å². The number of hydrogen-bond donors (Lipinski definition) is 2. The van der Waals surface area contributed by atoms with Gasteiger partial charge in [0, 0.05) is 37.8 Å². The highest BCUT2D eigenvalue weighted by Crippen LogP contribution is 2.24. The van der Waals surface area contributed by atoms with Crippen LogP contribution >= 0.6 is 0 Å². The summed E-state index contributed by atoms with van der Waals surface area (Å²) in [5.41, 5.74) is 3.33. The number of amides is 1. The molecule has 0 fully saturated rings. The Labute approximate surface area is 170 Å². The van der Waals surface area contributed by atoms with Crippen molar-refractivity contribution in [3.8, 4) is 5.75 Å². The lowest BCUT2D eigenvalue weighted by Gasteiger charge is -2.21. The SMILES string of the molecule is CC(Oc1cccc2cccnc12)C(=O)NCC(O)CN1Cc2ccccc2C1. The zero-order valence-electron chi connectivity index (χ0n) is 16.4. The third kappa shape index (κ3) is 4.55. The number of benzene rings is 2. The molecule has 1 aliphatic heterocycles. The van der Waals surface area contributed by atoms with Crippen LogP contribution in [-0.4, -0.2) is 46.2 Å². The first-order valence-electron chi connectivity index (χ1n) is 9.85. The van der Waals surface area contributed by atoms with Gasteiger partial charge in [0.05, 0.1) is 6.10 Å². The molecule has 2 aromatic carbocycles. The summed E-state index contributed by atoms with van der Waals surface area (Å²) in [6.45, 7) is 4.05. The predicted octanol–water partition coefficient (Wildman–Crippen LogP) is 2.50. The average molecular weight is 391 g/mol. The third-order valence-electron chi connectivity index (χ3n) is 5.16. The first-order valence-corrected chi connectivity index (χ1v) is 9.85. The normalized spacial score (nSPS) is 15.7. The highest BCUT2D eigenvalue weighted by Gasteiger charge is 2.22. The number of carbonyl (C=O) groups excluding carboxylic acids is 1. The highest BCUT2D eigenvalue weighted by molar-refractivity contribution is 5.85. The van der Waals surface area contributed by atoms with Crippen LogP contribution in [0.15, 0.2) is 60.8 Å². The molecule has 2 atom stereocenters. The van der Waals surface area contributed by atoms with Crippen LogP contribution in [-0.2, 0) is 17.9 Å². The van der Waals surface area contributed by atoms with Crippen molar-refractivity contribution in [3.63, 3.8) is 0 Å². The van der Waals surface area contributed by atoms with Crippen LogP contribution in [0.25, 0.3) is 10.9 Å². The second-order valence-corrected chi connectivity index (χ2v) is 7.43. The number of pyridine rings is 1. The molecular formula is C23H25N3O3. The molecule has 29 heavy (non-hydrogen) atoms. The van der Waals surface area contributed by atoms with Crippen LogP contribution < -0.4 is 10.1 Å². The Morgan fingerprint density at radius 3 is 2.62 bits per heavy atom. The van der Waals surface area contributed by atoms with Gasteiger partial charge >= 0.3 is 0 Å². The standard InChI is InChI=1S/C23H25N3O3/c1-16(29-21-10-4-8-17-9-5-11-24-22(17)21)23(28)25-12-20(27)15-26-13-18-6-2-3-7-19(18)14-26/h2-11,16,20,27H,12-15H2,1H3,(H,25,28). The molecule has 150 valence electrons. The molecular weight excluding hydrogens is 366 g/mol. The number of aromatic nitrogens is 1. The maximum atomic E-state index is 12.4. The van der Waals surface area contributed by atoms with E-state index in [4.69, 9.17) is 4.74 Å². The summed E-state index contributed by atoms with van der Waals surface area (Å²) < 4.78 is 5.83. The Hall–Kier alpha value is -2.96. The topological polar surface area (TPSA) is 74.7 Å². The van der Waals surface area contributed by atoms with Crippen LogP contribution in [0.4, 0.5) is 0 Å². The number of para-hydroxylation sites is 1. The monoisotopic (exact) mass is 391 g/mol. The number of aliphatic hydroxyl groups excluding tert-OH is 1. The molecule has 3 aromatic rings. The smallest absolute Gasteiger partial charge is 0.260 e. The molecule has 0 aliphatic carbocycles. The van der Waals surface area contributed by atoms with Crippen molar-refractivity contribution in [2.24, 2.45) is 0 Å². The zero-order chi connectivity index (χ0) is 20.2. The second-order valence-electron chi connectivity index (χ2n) is 7.43. The van der Waals surface area contributed by atoms with E-state index in [1.165, 1.54) is 11.1 Å². The Morgan fingerprint density at radius 2 is 1.86 bits per heavy atom. The van der Waals surface area contributed by atoms with Gasteiger partial charge in [0.25, 0.3) is 5.91 Å². The molecule has 4 rings (SSSR count). The minimum Gasteiger partial charge on any atom is -0.479 e. The Balaban J connectivity index is 1.27. The fourth-order valence-corrected chi connectivity index (χ4v) is 3.67. The van der Waals surface area contributed by atoms with Crippen LogP contribution in [0.1, 0.15) is 18.1 Å². The maximum absolute atomic E-state index is 12.4. The number of nitrogens with zero attached hydrogens (tertiary/aromatic N) is 2. The molecule has 0 saturated heterocycles. The van der Waals surface area contributed by atoms with Gasteiger partial charge in [-0.1, -0.05) is 42.5 Å². The van der Waals surface area contributed by atoms with E-state index in [2.05, 4.69) is 27.3 Å². The molecule has 0 radical (unpaired) electrons. The summed E-state index contributed by atoms with van der Waals surface area (Å²) in [4.78, 5) is 18.9. The van der Waals surface area contributed by atoms with Crippen molar-refractivity contribution in [1.82, 2.24) is 15.2 Å². The van der Waals surface area contributed by atoms with Gasteiger partial charge in [-0.15, -0.1) is 0 Å². The van der Waals surface area contributed by atoms with E-state index in [9.17, 15) is 9.90 Å². The first-order chi connectivity index (χ1) is 14.1. The Morgan fingerprint density at radius 1 is 1.14 bits per heavy atom. The number of ether oxygens (including phenoxy) is 1. The van der Waals surface area contributed by atoms with E-state index in [1.54, 1.807) is 19.2 Å². The second kappa shape index (κ2) is 8.59. The molecule has 6 nitrogen and oxygen atoms in total. The summed E-state index contributed by atoms with van der Waals surface area (Å²) in [6, 6.07) is 17.7. The van der Waals surface area contributed by atoms with Crippen molar-refractivity contribution in [3.05, 3.63) is 71.9 Å². The molecule has 2 heterocycles. The maximum Gasteiger partial charge on any atom is 0.260 e. The van der Waals surface area contributed by atoms with E-state index in [0.717, 1.165) is 24.0 Å². The van der Waals surface area contributed by atoms with Gasteiger partial charge in [-0.3, -0.25) is 14.7 Å². The lowest BCUT2D eigenvalue weighted by molar-refractivity contribution is -0.127. The fraction of sp³-hybridized carbons (Fsp3) is 0.304. The van der Waals surface area contributed by atoms with Gasteiger partial charge in [0.1, 0.15) is 11.3 Å². The van der Waals surface area contributed by atoms with E-state index in [1.807, 2.05) is 36.4 Å². The number of carbonyl (C=O) groups is 1. The highest BCUT2D eigenvalue weighted by atomic mass is 16.5. The van der Waals surface area contributed by atoms with E-state index in [0.29, 0.717) is 12.3 Å². The average Bonchev–Trinajstić information content (AvgIpc) is 3.14. The van der Waals surface area contributed by atoms with Crippen LogP contribution in [0.3, 0.4) is 0 Å². The number of rotatable bonds is 7. The van der Waals surface area contributed by atoms with Gasteiger partial charge in [-0.2, -0.15) is 0 Å². The fourth-order valence-electron chi connectivity index (χ4n) is 3.67. The van der Waals surface area contributed by atoms with Gasteiger partial charge in [0.2, 0.25) is 0 Å². The van der Waals surface area contributed by atoms with Crippen molar-refractivity contribution < 1.29 is 14.6 Å². The summed E-state index contributed by atoms with van der Waals surface area (Å²) >= 11 is 0. The minimum absolute atomic E-state index is 0.188. The molecule has 0 saturated carbocycles. The molecule has 1 amide bonds. The van der Waals surface area contributed by atoms with Crippen molar-refractivity contribution in [1.29, 1.82) is 0 Å². The van der Waals surface area contributed by atoms with Crippen molar-refractivity contribution in [2.75, 3.05) is 13.1 Å². The minimum atomic E-state index is -0.689. The number of β-amino-alcohol motifs (C(OH)–C–C–N with tert-alkyl or cyclic N) is 1. The molecule has 2 N–H and O–H groups in total. The molecule has 2 unspecified atom stereocenters. The predicted molar refractivity (Wildman–Crippen MR) is 111 cm³/mol. The van der Waals surface area contributed by atoms with Gasteiger partial charge in [-0.25, -0.2) is 0 Å². The molecule has 6 heteroatoms. The van der Waals surface area contributed by atoms with Crippen molar-refractivity contribution in [2.45, 2.75) is 32.2 Å². The number of fused-ring (bicyclic) bond motifs is 2. The first kappa shape index (κ1) is 19.4. The quantitative estimate of drug-likeness (QED) is 0.647. The molecule has 1 aliphatic rings. The van der Waals surface area contributed by atoms with Crippen LogP contribution in [0.2, 0.25) is 0 Å². The zero-order valence-corrected chi connectivity index (χ0v) is 16.4. The number of hydrogen-bond acceptors (Lipinski definition) is 5. The lowest BCUT2D eigenvalue weighted by atomic mass is 10.1. The Bertz CT molecular complexity index is 977. The van der Waals surface area contributed by atoms with Crippen LogP contribution in [0, 0.1) is 0 Å². The summed E-state index contributed by atoms with van der Waals surface area (Å²) in [5.74, 6) is 0.308. The van der Waals surface area contributed by atoms with Gasteiger partial charge in [0.15, 0.2) is 6.10 Å². The summed E-state index contributed by atoms with van der Waals surface area (Å²) in [5, 5.41) is 14.1. The largest absolute Gasteiger partial charge is 0.479 e. The van der Waals surface area contributed by atoms with Crippen molar-refractivity contribution >= 4 is 16.8 Å². The van der Waals surface area contributed by atoms with E-state index >= 15 is 0 Å². The van der Waals surface area contributed by atoms with Gasteiger partial charge in [-0.05, 0) is 30.2 Å². The summed E-state index contributed by atoms with van der Waals surface area (Å²) in [6.07, 6.45) is 0.373. The molecule has 0 spiro atoms. The number of aliphatic hydroxyl groups is 1. The lowest BCUT2D eigenvalue weighted by Crippen LogP contribution is -2.43. The molecule has 0 bridgehead atoms. The van der Waals surface area contributed by atoms with Gasteiger partial charge < -0.3 is 15.2 Å².